The van der Waals surface area contributed by atoms with Gasteiger partial charge < -0.3 is 34.5 Å². The molecule has 1 amide bonds. The average molecular weight is 873 g/mol. The number of hydrogen-bond acceptors (Lipinski definition) is 12. The third kappa shape index (κ3) is 8.82. The molecule has 314 valence electrons. The lowest BCUT2D eigenvalue weighted by molar-refractivity contribution is 0.0636. The molecule has 2 aromatic heterocycles. The largest absolute Gasteiger partial charge is 0.454 e. The molecular weight excluding hydrogens is 835 g/mol. The fourth-order valence-corrected chi connectivity index (χ4v) is 8.85. The SMILES string of the molecule is CC(C)(C)OC(=O)Nc1nc2c(-c3ccc4c(c3)OCO4)cc(C(O)c3ccc(F)cc3)cc2s1.Nc1nc2c(-c3ccc4c(c3)OCO4)cc(Cc3ccc(F)cc3)cc2s1. The van der Waals surface area contributed by atoms with Crippen LogP contribution in [0.3, 0.4) is 0 Å². The number of ether oxygens (including phenoxy) is 5. The van der Waals surface area contributed by atoms with Crippen LogP contribution in [0.4, 0.5) is 23.8 Å². The summed E-state index contributed by atoms with van der Waals surface area (Å²) in [5.41, 5.74) is 13.7. The number of rotatable bonds is 7. The van der Waals surface area contributed by atoms with Crippen LogP contribution in [0.2, 0.25) is 0 Å². The summed E-state index contributed by atoms with van der Waals surface area (Å²) >= 11 is 2.73. The quantitative estimate of drug-likeness (QED) is 0.141. The fraction of sp³-hybridized carbons (Fsp3) is 0.170. The maximum absolute atomic E-state index is 13.4. The average Bonchev–Trinajstić information content (AvgIpc) is 4.06. The van der Waals surface area contributed by atoms with Gasteiger partial charge in [-0.3, -0.25) is 5.32 Å². The van der Waals surface area contributed by atoms with Crippen LogP contribution in [0.5, 0.6) is 23.0 Å². The second-order valence-corrected chi connectivity index (χ2v) is 17.6. The van der Waals surface area contributed by atoms with Gasteiger partial charge in [-0.25, -0.2) is 23.5 Å². The van der Waals surface area contributed by atoms with Crippen molar-refractivity contribution in [2.75, 3.05) is 24.6 Å². The van der Waals surface area contributed by atoms with Gasteiger partial charge in [0.2, 0.25) is 13.6 Å². The highest BCUT2D eigenvalue weighted by molar-refractivity contribution is 7.22. The van der Waals surface area contributed by atoms with Crippen molar-refractivity contribution < 1.29 is 42.4 Å². The molecule has 0 fully saturated rings. The maximum atomic E-state index is 13.4. The second-order valence-electron chi connectivity index (χ2n) is 15.5. The van der Waals surface area contributed by atoms with Gasteiger partial charge in [0, 0.05) is 11.1 Å². The molecule has 0 saturated carbocycles. The van der Waals surface area contributed by atoms with E-state index >= 15 is 0 Å². The number of carbonyl (C=O) groups excluding carboxylic acids is 1. The zero-order valence-electron chi connectivity index (χ0n) is 33.5. The number of aromatic nitrogens is 2. The molecule has 4 heterocycles. The van der Waals surface area contributed by atoms with Gasteiger partial charge in [-0.2, -0.15) is 0 Å². The Labute approximate surface area is 362 Å². The van der Waals surface area contributed by atoms with Gasteiger partial charge in [-0.15, -0.1) is 0 Å². The zero-order valence-corrected chi connectivity index (χ0v) is 35.2. The molecule has 15 heteroatoms. The smallest absolute Gasteiger partial charge is 0.413 e. The molecular formula is C47H38F2N4O7S2. The number of nitrogens with zero attached hydrogens (tertiary/aromatic N) is 2. The lowest BCUT2D eigenvalue weighted by Gasteiger charge is -2.18. The van der Waals surface area contributed by atoms with Crippen molar-refractivity contribution in [3.05, 3.63) is 143 Å². The summed E-state index contributed by atoms with van der Waals surface area (Å²) in [5, 5.41) is 14.7. The highest BCUT2D eigenvalue weighted by Gasteiger charge is 2.23. The van der Waals surface area contributed by atoms with Gasteiger partial charge in [0.1, 0.15) is 23.3 Å². The van der Waals surface area contributed by atoms with Crippen LogP contribution < -0.4 is 30.0 Å². The maximum Gasteiger partial charge on any atom is 0.413 e. The molecule has 4 N–H and O–H groups in total. The Morgan fingerprint density at radius 3 is 1.90 bits per heavy atom. The highest BCUT2D eigenvalue weighted by atomic mass is 32.1. The number of nitrogens with one attached hydrogen (secondary N) is 1. The number of halogens is 2. The number of nitrogens with two attached hydrogens (primary N) is 1. The minimum atomic E-state index is -0.989. The van der Waals surface area contributed by atoms with E-state index in [0.29, 0.717) is 44.8 Å². The van der Waals surface area contributed by atoms with Crippen LogP contribution in [0.25, 0.3) is 42.7 Å². The minimum Gasteiger partial charge on any atom is -0.454 e. The molecule has 0 bridgehead atoms. The van der Waals surface area contributed by atoms with E-state index in [2.05, 4.69) is 27.4 Å². The van der Waals surface area contributed by atoms with E-state index in [0.717, 1.165) is 59.8 Å². The van der Waals surface area contributed by atoms with Crippen molar-refractivity contribution in [1.29, 1.82) is 0 Å². The van der Waals surface area contributed by atoms with E-state index in [4.69, 9.17) is 29.4 Å². The number of nitrogen functional groups attached to an aromatic ring is 1. The van der Waals surface area contributed by atoms with E-state index in [1.54, 1.807) is 45.0 Å². The van der Waals surface area contributed by atoms with E-state index in [9.17, 15) is 18.7 Å². The van der Waals surface area contributed by atoms with E-state index in [-0.39, 0.29) is 25.2 Å². The number of anilines is 2. The lowest BCUT2D eigenvalue weighted by atomic mass is 9.96. The number of hydrogen-bond donors (Lipinski definition) is 3. The monoisotopic (exact) mass is 872 g/mol. The molecule has 1 unspecified atom stereocenters. The number of carbonyl (C=O) groups is 1. The number of benzene rings is 6. The van der Waals surface area contributed by atoms with Gasteiger partial charge in [-0.05, 0) is 133 Å². The minimum absolute atomic E-state index is 0.151. The lowest BCUT2D eigenvalue weighted by Crippen LogP contribution is -2.27. The van der Waals surface area contributed by atoms with E-state index in [1.165, 1.54) is 46.9 Å². The summed E-state index contributed by atoms with van der Waals surface area (Å²) in [7, 11) is 0. The summed E-state index contributed by atoms with van der Waals surface area (Å²) < 4.78 is 55.6. The van der Waals surface area contributed by atoms with Crippen molar-refractivity contribution >= 4 is 59.5 Å². The first kappa shape index (κ1) is 40.6. The highest BCUT2D eigenvalue weighted by Crippen LogP contribution is 2.43. The van der Waals surface area contributed by atoms with Crippen LogP contribution in [0.15, 0.2) is 109 Å². The topological polar surface area (TPSA) is 147 Å². The van der Waals surface area contributed by atoms with E-state index < -0.39 is 17.8 Å². The van der Waals surface area contributed by atoms with Gasteiger partial charge in [-0.1, -0.05) is 59.1 Å². The first-order valence-electron chi connectivity index (χ1n) is 19.4. The summed E-state index contributed by atoms with van der Waals surface area (Å²) in [6, 6.07) is 31.6. The van der Waals surface area contributed by atoms with E-state index in [1.807, 2.05) is 48.5 Å². The summed E-state index contributed by atoms with van der Waals surface area (Å²) in [6.07, 6.45) is -0.893. The Kier molecular flexibility index (Phi) is 10.8. The van der Waals surface area contributed by atoms with Crippen LogP contribution in [-0.4, -0.2) is 40.4 Å². The Morgan fingerprint density at radius 1 is 0.710 bits per heavy atom. The molecule has 0 saturated heterocycles. The van der Waals surface area contributed by atoms with Crippen LogP contribution in [0, 0.1) is 11.6 Å². The van der Waals surface area contributed by atoms with Gasteiger partial charge in [0.15, 0.2) is 33.3 Å². The van der Waals surface area contributed by atoms with Gasteiger partial charge in [0.25, 0.3) is 0 Å². The molecule has 1 atom stereocenters. The molecule has 62 heavy (non-hydrogen) atoms. The predicted octanol–water partition coefficient (Wildman–Crippen LogP) is 11.3. The molecule has 0 spiro atoms. The van der Waals surface area contributed by atoms with Crippen LogP contribution in [-0.2, 0) is 11.2 Å². The van der Waals surface area contributed by atoms with Crippen molar-refractivity contribution in [2.45, 2.75) is 38.9 Å². The Morgan fingerprint density at radius 2 is 1.27 bits per heavy atom. The summed E-state index contributed by atoms with van der Waals surface area (Å²) in [5.74, 6) is 2.13. The van der Waals surface area contributed by atoms with Gasteiger partial charge >= 0.3 is 6.09 Å². The van der Waals surface area contributed by atoms with Crippen LogP contribution in [0.1, 0.15) is 49.1 Å². The number of aliphatic hydroxyl groups excluding tert-OH is 1. The Bertz CT molecular complexity index is 2970. The van der Waals surface area contributed by atoms with Crippen LogP contribution >= 0.6 is 22.7 Å². The first-order valence-corrected chi connectivity index (χ1v) is 21.1. The molecule has 2 aliphatic rings. The Balaban J connectivity index is 0.000000163. The number of aliphatic hydroxyl groups is 1. The molecule has 0 radical (unpaired) electrons. The van der Waals surface area contributed by atoms with Crippen molar-refractivity contribution in [2.24, 2.45) is 0 Å². The standard InChI is InChI=1S/C26H23FN2O5S.C21H15FN2O2S/c1-26(2,3)34-25(31)29-24-28-22-18(15-6-9-19-20(11-15)33-13-32-19)10-16(12-21(22)35-24)23(30)14-4-7-17(27)8-5-14;22-15-4-1-12(2-5-15)7-13-8-16(20-19(9-13)27-21(23)24-20)14-3-6-17-18(10-14)26-11-25-17/h4-12,23,30H,13H2,1-3H3,(H,28,29,31);1-6,8-10H,7,11H2,(H2,23,24). The number of fused-ring (bicyclic) bond motifs is 4. The summed E-state index contributed by atoms with van der Waals surface area (Å²) in [4.78, 5) is 21.5. The van der Waals surface area contributed by atoms with Crippen molar-refractivity contribution in [1.82, 2.24) is 9.97 Å². The molecule has 10 rings (SSSR count). The first-order chi connectivity index (χ1) is 29.8. The van der Waals surface area contributed by atoms with Gasteiger partial charge in [0.05, 0.1) is 20.4 Å². The summed E-state index contributed by atoms with van der Waals surface area (Å²) in [6.45, 7) is 5.74. The molecule has 8 aromatic rings. The van der Waals surface area contributed by atoms with Crippen molar-refractivity contribution in [3.8, 4) is 45.3 Å². The zero-order chi connectivity index (χ0) is 43.1. The molecule has 6 aromatic carbocycles. The number of thiazole rings is 2. The third-order valence-corrected chi connectivity index (χ3v) is 11.6. The van der Waals surface area contributed by atoms with Crippen molar-refractivity contribution in [3.63, 3.8) is 0 Å². The number of amides is 1. The fourth-order valence-electron chi connectivity index (χ4n) is 7.10. The third-order valence-electron chi connectivity index (χ3n) is 9.89. The second kappa shape index (κ2) is 16.6. The predicted molar refractivity (Wildman–Crippen MR) is 236 cm³/mol. The molecule has 11 nitrogen and oxygen atoms in total. The molecule has 2 aliphatic heterocycles. The molecule has 0 aliphatic carbocycles. The normalized spacial score (nSPS) is 13.2. The Hall–Kier alpha value is -6.81.